The van der Waals surface area contributed by atoms with Gasteiger partial charge in [-0.15, -0.1) is 0 Å². The second kappa shape index (κ2) is 9.05. The summed E-state index contributed by atoms with van der Waals surface area (Å²) in [4.78, 5) is 12.4. The van der Waals surface area contributed by atoms with Crippen LogP contribution in [-0.2, 0) is 13.0 Å². The predicted octanol–water partition coefficient (Wildman–Crippen LogP) is 1.80. The quantitative estimate of drug-likeness (QED) is 0.701. The van der Waals surface area contributed by atoms with Crippen molar-refractivity contribution in [1.82, 2.24) is 24.3 Å². The van der Waals surface area contributed by atoms with Gasteiger partial charge in [0.05, 0.1) is 10.7 Å². The maximum absolute atomic E-state index is 4.95. The Hall–Kier alpha value is -1.59. The van der Waals surface area contributed by atoms with Gasteiger partial charge in [0.2, 0.25) is 0 Å². The average molecular weight is 398 g/mol. The summed E-state index contributed by atoms with van der Waals surface area (Å²) >= 11 is 0. The Morgan fingerprint density at radius 3 is 2.52 bits per heavy atom. The fourth-order valence-electron chi connectivity index (χ4n) is 5.08. The summed E-state index contributed by atoms with van der Waals surface area (Å²) in [6.07, 6.45) is 12.8. The van der Waals surface area contributed by atoms with E-state index in [2.05, 4.69) is 52.6 Å². The lowest BCUT2D eigenvalue weighted by molar-refractivity contribution is 0.130. The Kier molecular flexibility index (Phi) is 6.45. The molecule has 0 spiro atoms. The molecule has 0 N–H and O–H groups in total. The first-order valence-electron chi connectivity index (χ1n) is 11.6. The van der Waals surface area contributed by atoms with Crippen molar-refractivity contribution in [3.8, 4) is 0 Å². The molecular formula is C24H39N5. The van der Waals surface area contributed by atoms with Gasteiger partial charge in [0.15, 0.2) is 0 Å². The number of nitrogens with zero attached hydrogens (tertiary/aromatic N) is 5. The summed E-state index contributed by atoms with van der Waals surface area (Å²) in [6, 6.07) is 1.59. The third-order valence-corrected chi connectivity index (χ3v) is 7.54. The lowest BCUT2D eigenvalue weighted by atomic mass is 9.91. The summed E-state index contributed by atoms with van der Waals surface area (Å²) in [5.74, 6) is 1.19. The maximum Gasteiger partial charge on any atom is 0.111 e. The summed E-state index contributed by atoms with van der Waals surface area (Å²) in [7, 11) is 4.41. The van der Waals surface area contributed by atoms with E-state index in [4.69, 9.17) is 4.98 Å². The predicted molar refractivity (Wildman–Crippen MR) is 121 cm³/mol. The number of likely N-dealkylation sites (N-methyl/N-ethyl adjacent to an activating group) is 2. The number of hydrogen-bond acceptors (Lipinski definition) is 4. The second-order valence-corrected chi connectivity index (χ2v) is 9.36. The van der Waals surface area contributed by atoms with Gasteiger partial charge in [-0.3, -0.25) is 4.90 Å². The van der Waals surface area contributed by atoms with Gasteiger partial charge < -0.3 is 14.4 Å². The number of aromatic nitrogens is 2. The van der Waals surface area contributed by atoms with Crippen LogP contribution in [0.4, 0.5) is 0 Å². The molecule has 0 radical (unpaired) electrons. The Balaban J connectivity index is 1.37. The molecular weight excluding hydrogens is 358 g/mol. The van der Waals surface area contributed by atoms with E-state index < -0.39 is 0 Å². The fraction of sp³-hybridized carbons (Fsp3) is 0.708. The Labute approximate surface area is 176 Å². The van der Waals surface area contributed by atoms with E-state index >= 15 is 0 Å². The topological polar surface area (TPSA) is 27.5 Å². The number of rotatable bonds is 7. The van der Waals surface area contributed by atoms with Gasteiger partial charge in [-0.05, 0) is 38.8 Å². The minimum atomic E-state index is 0.774. The molecule has 2 heterocycles. The van der Waals surface area contributed by atoms with E-state index in [-0.39, 0.29) is 0 Å². The van der Waals surface area contributed by atoms with E-state index in [1.165, 1.54) is 50.8 Å². The molecule has 2 aliphatic carbocycles. The third kappa shape index (κ3) is 4.61. The number of fused-ring (bicyclic) bond motifs is 1. The lowest BCUT2D eigenvalue weighted by Gasteiger charge is -2.36. The molecule has 1 aromatic rings. The van der Waals surface area contributed by atoms with Crippen LogP contribution < -0.4 is 10.7 Å². The Morgan fingerprint density at radius 1 is 1.07 bits per heavy atom. The van der Waals surface area contributed by atoms with Gasteiger partial charge in [-0.25, -0.2) is 4.98 Å². The molecule has 0 saturated heterocycles. The Bertz CT molecular complexity index is 815. The van der Waals surface area contributed by atoms with Gasteiger partial charge in [0.1, 0.15) is 5.82 Å². The van der Waals surface area contributed by atoms with E-state index in [1.54, 1.807) is 0 Å². The molecule has 0 aromatic carbocycles. The van der Waals surface area contributed by atoms with Crippen molar-refractivity contribution >= 4 is 12.7 Å². The summed E-state index contributed by atoms with van der Waals surface area (Å²) in [6.45, 7) is 14.0. The molecule has 2 fully saturated rings. The number of hydrogen-bond donors (Lipinski definition) is 0. The van der Waals surface area contributed by atoms with Gasteiger partial charge in [0, 0.05) is 64.0 Å². The smallest absolute Gasteiger partial charge is 0.111 e. The van der Waals surface area contributed by atoms with Crippen LogP contribution in [0.15, 0.2) is 12.3 Å². The van der Waals surface area contributed by atoms with Crippen molar-refractivity contribution < 1.29 is 0 Å². The zero-order valence-corrected chi connectivity index (χ0v) is 18.6. The standard InChI is InChI=1S/C24H39N5/c1-19(26(3)14-15-27(4)21-8-5-6-9-21)18-23-20(2)29-17-16-28(22-10-7-11-22)13-12-24(29)25-23/h18,21-22H,1-2,5-17H2,3-4H3/b23-18+. The highest BCUT2D eigenvalue weighted by molar-refractivity contribution is 5.42. The minimum absolute atomic E-state index is 0.774. The summed E-state index contributed by atoms with van der Waals surface area (Å²) in [5.41, 5.74) is 1.03. The van der Waals surface area contributed by atoms with Crippen molar-refractivity contribution in [3.05, 3.63) is 28.8 Å². The van der Waals surface area contributed by atoms with Crippen LogP contribution in [-0.4, -0.2) is 76.6 Å². The van der Waals surface area contributed by atoms with Gasteiger partial charge in [0.25, 0.3) is 0 Å². The average Bonchev–Trinajstić information content (AvgIpc) is 3.24. The molecule has 4 rings (SSSR count). The zero-order valence-electron chi connectivity index (χ0n) is 18.6. The molecule has 1 aliphatic heterocycles. The highest BCUT2D eigenvalue weighted by Crippen LogP contribution is 2.25. The van der Waals surface area contributed by atoms with Crippen molar-refractivity contribution in [2.24, 2.45) is 0 Å². The van der Waals surface area contributed by atoms with E-state index in [0.29, 0.717) is 0 Å². The minimum Gasteiger partial charge on any atom is -0.374 e. The molecule has 0 unspecified atom stereocenters. The van der Waals surface area contributed by atoms with Crippen LogP contribution in [0, 0.1) is 0 Å². The first-order valence-corrected chi connectivity index (χ1v) is 11.6. The molecule has 0 bridgehead atoms. The van der Waals surface area contributed by atoms with Gasteiger partial charge in [-0.1, -0.05) is 32.4 Å². The van der Waals surface area contributed by atoms with Crippen LogP contribution >= 0.6 is 0 Å². The monoisotopic (exact) mass is 397 g/mol. The molecule has 29 heavy (non-hydrogen) atoms. The highest BCUT2D eigenvalue weighted by Gasteiger charge is 2.27. The second-order valence-electron chi connectivity index (χ2n) is 9.36. The first kappa shape index (κ1) is 20.7. The van der Waals surface area contributed by atoms with Crippen LogP contribution in [0.3, 0.4) is 0 Å². The number of imidazole rings is 1. The third-order valence-electron chi connectivity index (χ3n) is 7.54. The SMILES string of the molecule is C=C(/C=c1/nc2n(c1=C)CCN(C1CCC1)CC2)N(C)CCN(C)C1CCCC1. The zero-order chi connectivity index (χ0) is 20.4. The maximum atomic E-state index is 4.95. The summed E-state index contributed by atoms with van der Waals surface area (Å²) in [5, 5.41) is 2.05. The highest BCUT2D eigenvalue weighted by atomic mass is 15.2. The molecule has 5 nitrogen and oxygen atoms in total. The molecule has 3 aliphatic rings. The van der Waals surface area contributed by atoms with Crippen LogP contribution in [0.25, 0.3) is 12.7 Å². The number of allylic oxidation sites excluding steroid dienone is 1. The van der Waals surface area contributed by atoms with Crippen LogP contribution in [0.5, 0.6) is 0 Å². The first-order chi connectivity index (χ1) is 14.0. The van der Waals surface area contributed by atoms with Crippen molar-refractivity contribution in [2.75, 3.05) is 40.3 Å². The largest absolute Gasteiger partial charge is 0.374 e. The van der Waals surface area contributed by atoms with Gasteiger partial charge in [-0.2, -0.15) is 0 Å². The molecule has 1 aromatic heterocycles. The van der Waals surface area contributed by atoms with E-state index in [0.717, 1.165) is 67.6 Å². The van der Waals surface area contributed by atoms with E-state index in [1.807, 2.05) is 0 Å². The fourth-order valence-corrected chi connectivity index (χ4v) is 5.08. The van der Waals surface area contributed by atoms with Crippen molar-refractivity contribution in [1.29, 1.82) is 0 Å². The lowest BCUT2D eigenvalue weighted by Crippen LogP contribution is -2.42. The molecule has 160 valence electrons. The van der Waals surface area contributed by atoms with Crippen molar-refractivity contribution in [3.63, 3.8) is 0 Å². The molecule has 5 heteroatoms. The molecule has 0 amide bonds. The van der Waals surface area contributed by atoms with E-state index in [9.17, 15) is 0 Å². The van der Waals surface area contributed by atoms with Crippen LogP contribution in [0.2, 0.25) is 0 Å². The van der Waals surface area contributed by atoms with Crippen LogP contribution in [0.1, 0.15) is 50.8 Å². The Morgan fingerprint density at radius 2 is 1.83 bits per heavy atom. The normalized spacial score (nSPS) is 22.0. The molecule has 2 saturated carbocycles. The van der Waals surface area contributed by atoms with Gasteiger partial charge >= 0.3 is 0 Å². The summed E-state index contributed by atoms with van der Waals surface area (Å²) < 4.78 is 2.34. The van der Waals surface area contributed by atoms with Crippen molar-refractivity contribution in [2.45, 2.75) is 70.0 Å². The molecule has 0 atom stereocenters.